The van der Waals surface area contributed by atoms with Crippen molar-refractivity contribution in [3.05, 3.63) is 23.5 Å². The van der Waals surface area contributed by atoms with E-state index in [9.17, 15) is 14.3 Å². The van der Waals surface area contributed by atoms with Crippen molar-refractivity contribution in [3.63, 3.8) is 0 Å². The van der Waals surface area contributed by atoms with Crippen LogP contribution in [0.3, 0.4) is 0 Å². The third kappa shape index (κ3) is 1.75. The van der Waals surface area contributed by atoms with Crippen molar-refractivity contribution < 1.29 is 14.3 Å². The first-order valence-corrected chi connectivity index (χ1v) is 6.24. The number of carbonyl (C=O) groups excluding carboxylic acids is 1. The largest absolute Gasteiger partial charge is 0.378 e. The molecule has 4 nitrogen and oxygen atoms in total. The zero-order chi connectivity index (χ0) is 12.7. The predicted octanol–water partition coefficient (Wildman–Crippen LogP) is 1.80. The van der Waals surface area contributed by atoms with Gasteiger partial charge in [-0.2, -0.15) is 0 Å². The van der Waals surface area contributed by atoms with E-state index in [1.807, 2.05) is 4.90 Å². The number of rotatable bonds is 1. The molecule has 5 heteroatoms. The summed E-state index contributed by atoms with van der Waals surface area (Å²) in [6.45, 7) is 1.68. The highest BCUT2D eigenvalue weighted by molar-refractivity contribution is 6.02. The molecule has 0 saturated carbocycles. The second-order valence-electron chi connectivity index (χ2n) is 4.83. The summed E-state index contributed by atoms with van der Waals surface area (Å²) in [7, 11) is 0. The number of benzene rings is 1. The van der Waals surface area contributed by atoms with Gasteiger partial charge in [0.15, 0.2) is 6.10 Å². The zero-order valence-corrected chi connectivity index (χ0v) is 9.95. The highest BCUT2D eigenvalue weighted by Crippen LogP contribution is 2.36. The van der Waals surface area contributed by atoms with Gasteiger partial charge in [0.2, 0.25) is 0 Å². The summed E-state index contributed by atoms with van der Waals surface area (Å²) < 4.78 is 14.0. The number of fused-ring (bicyclic) bond motifs is 1. The van der Waals surface area contributed by atoms with Crippen LogP contribution < -0.4 is 10.2 Å². The molecule has 96 valence electrons. The number of carbonyl (C=O) groups is 1. The van der Waals surface area contributed by atoms with Gasteiger partial charge in [-0.05, 0) is 31.4 Å². The number of hydrogen-bond acceptors (Lipinski definition) is 3. The number of aliphatic hydroxyl groups excluding tert-OH is 1. The third-order valence-corrected chi connectivity index (χ3v) is 3.62. The summed E-state index contributed by atoms with van der Waals surface area (Å²) in [5, 5.41) is 12.2. The third-order valence-electron chi connectivity index (χ3n) is 3.62. The minimum atomic E-state index is -1.25. The highest BCUT2D eigenvalue weighted by Gasteiger charge is 2.30. The number of nitrogens with zero attached hydrogens (tertiary/aromatic N) is 1. The second-order valence-corrected chi connectivity index (χ2v) is 4.83. The van der Waals surface area contributed by atoms with E-state index in [0.717, 1.165) is 25.9 Å². The molecule has 1 aromatic rings. The first-order chi connectivity index (χ1) is 8.66. The normalized spacial score (nSPS) is 22.9. The number of anilines is 2. The van der Waals surface area contributed by atoms with E-state index >= 15 is 0 Å². The lowest BCUT2D eigenvalue weighted by Crippen LogP contribution is -2.30. The number of halogens is 1. The molecule has 0 bridgehead atoms. The molecule has 0 aromatic heterocycles. The summed E-state index contributed by atoms with van der Waals surface area (Å²) in [5.74, 6) is -0.855. The van der Waals surface area contributed by atoms with Crippen molar-refractivity contribution in [2.75, 3.05) is 23.3 Å². The maximum atomic E-state index is 14.0. The van der Waals surface area contributed by atoms with Gasteiger partial charge in [0.05, 0.1) is 5.69 Å². The van der Waals surface area contributed by atoms with Crippen LogP contribution in [0.25, 0.3) is 0 Å². The fourth-order valence-electron chi connectivity index (χ4n) is 2.63. The summed E-state index contributed by atoms with van der Waals surface area (Å²) >= 11 is 0. The Morgan fingerprint density at radius 3 is 2.72 bits per heavy atom. The first-order valence-electron chi connectivity index (χ1n) is 6.24. The summed E-state index contributed by atoms with van der Waals surface area (Å²) in [4.78, 5) is 13.3. The summed E-state index contributed by atoms with van der Waals surface area (Å²) in [6, 6.07) is 2.89. The lowest BCUT2D eigenvalue weighted by Gasteiger charge is -2.29. The van der Waals surface area contributed by atoms with Gasteiger partial charge >= 0.3 is 0 Å². The van der Waals surface area contributed by atoms with E-state index in [2.05, 4.69) is 5.32 Å². The van der Waals surface area contributed by atoms with E-state index in [4.69, 9.17) is 0 Å². The van der Waals surface area contributed by atoms with Crippen molar-refractivity contribution in [2.24, 2.45) is 0 Å². The van der Waals surface area contributed by atoms with Crippen LogP contribution in [0, 0.1) is 5.82 Å². The van der Waals surface area contributed by atoms with E-state index in [1.54, 1.807) is 6.07 Å². The second kappa shape index (κ2) is 4.24. The molecule has 2 N–H and O–H groups in total. The quantitative estimate of drug-likeness (QED) is 0.799. The molecule has 1 atom stereocenters. The maximum Gasteiger partial charge on any atom is 0.257 e. The van der Waals surface area contributed by atoms with Gasteiger partial charge in [0, 0.05) is 24.3 Å². The maximum absolute atomic E-state index is 14.0. The average Bonchev–Trinajstić information content (AvgIpc) is 2.66. The van der Waals surface area contributed by atoms with Crippen LogP contribution >= 0.6 is 0 Å². The Hall–Kier alpha value is -1.62. The van der Waals surface area contributed by atoms with Gasteiger partial charge in [0.1, 0.15) is 5.82 Å². The monoisotopic (exact) mass is 250 g/mol. The summed E-state index contributed by atoms with van der Waals surface area (Å²) in [6.07, 6.45) is 2.06. The van der Waals surface area contributed by atoms with Gasteiger partial charge in [0.25, 0.3) is 5.91 Å². The molecule has 1 amide bonds. The van der Waals surface area contributed by atoms with Crippen LogP contribution in [-0.2, 0) is 4.79 Å². The molecule has 2 aliphatic rings. The van der Waals surface area contributed by atoms with Crippen molar-refractivity contribution in [1.82, 2.24) is 0 Å². The van der Waals surface area contributed by atoms with E-state index < -0.39 is 12.0 Å². The first kappa shape index (κ1) is 11.5. The molecule has 1 aromatic carbocycles. The fraction of sp³-hybridized carbons (Fsp3) is 0.462. The molecule has 0 aliphatic carbocycles. The number of nitrogens with one attached hydrogen (secondary N) is 1. The number of piperidine rings is 1. The highest BCUT2D eigenvalue weighted by atomic mass is 19.1. The van der Waals surface area contributed by atoms with E-state index in [0.29, 0.717) is 16.9 Å². The minimum Gasteiger partial charge on any atom is -0.378 e. The number of hydrogen-bond donors (Lipinski definition) is 2. The molecule has 1 unspecified atom stereocenters. The van der Waals surface area contributed by atoms with Crippen LogP contribution in [0.1, 0.15) is 30.9 Å². The Morgan fingerprint density at radius 1 is 1.28 bits per heavy atom. The minimum absolute atomic E-state index is 0.332. The van der Waals surface area contributed by atoms with Crippen molar-refractivity contribution in [2.45, 2.75) is 25.4 Å². The van der Waals surface area contributed by atoms with Gasteiger partial charge < -0.3 is 15.3 Å². The average molecular weight is 250 g/mol. The van der Waals surface area contributed by atoms with Crippen LogP contribution in [0.15, 0.2) is 12.1 Å². The topological polar surface area (TPSA) is 52.6 Å². The molecule has 0 radical (unpaired) electrons. The van der Waals surface area contributed by atoms with Crippen molar-refractivity contribution >= 4 is 17.3 Å². The van der Waals surface area contributed by atoms with E-state index in [1.165, 1.54) is 12.5 Å². The number of aliphatic hydroxyl groups is 1. The van der Waals surface area contributed by atoms with Crippen LogP contribution in [0.4, 0.5) is 15.8 Å². The standard InChI is InChI=1S/C13H15FN2O2/c14-9-6-8-10(15-13(18)12(8)17)7-11(9)16-4-2-1-3-5-16/h6-7,12,17H,1-5H2,(H,15,18). The molecule has 1 fully saturated rings. The Kier molecular flexibility index (Phi) is 2.70. The molecule has 18 heavy (non-hydrogen) atoms. The SMILES string of the molecule is O=C1Nc2cc(N3CCCCC3)c(F)cc2C1O. The Labute approximate surface area is 104 Å². The number of amides is 1. The van der Waals surface area contributed by atoms with Gasteiger partial charge in [-0.1, -0.05) is 0 Å². The molecule has 1 saturated heterocycles. The van der Waals surface area contributed by atoms with Gasteiger partial charge in [-0.3, -0.25) is 4.79 Å². The zero-order valence-electron chi connectivity index (χ0n) is 9.95. The van der Waals surface area contributed by atoms with E-state index in [-0.39, 0.29) is 5.82 Å². The summed E-state index contributed by atoms with van der Waals surface area (Å²) in [5.41, 5.74) is 1.37. The van der Waals surface area contributed by atoms with Crippen LogP contribution in [0.2, 0.25) is 0 Å². The Bertz CT molecular complexity index is 498. The lowest BCUT2D eigenvalue weighted by atomic mass is 10.1. The molecule has 2 heterocycles. The molecule has 2 aliphatic heterocycles. The van der Waals surface area contributed by atoms with Gasteiger partial charge in [-0.25, -0.2) is 4.39 Å². The van der Waals surface area contributed by atoms with Crippen LogP contribution in [-0.4, -0.2) is 24.1 Å². The van der Waals surface area contributed by atoms with Crippen molar-refractivity contribution in [3.8, 4) is 0 Å². The Balaban J connectivity index is 1.97. The molecule has 0 spiro atoms. The fourth-order valence-corrected chi connectivity index (χ4v) is 2.63. The Morgan fingerprint density at radius 2 is 2.00 bits per heavy atom. The molecule has 3 rings (SSSR count). The van der Waals surface area contributed by atoms with Crippen LogP contribution in [0.5, 0.6) is 0 Å². The van der Waals surface area contributed by atoms with Crippen molar-refractivity contribution in [1.29, 1.82) is 0 Å². The lowest BCUT2D eigenvalue weighted by molar-refractivity contribution is -0.123. The molecular weight excluding hydrogens is 235 g/mol. The molecular formula is C13H15FN2O2. The predicted molar refractivity (Wildman–Crippen MR) is 66.1 cm³/mol. The van der Waals surface area contributed by atoms with Gasteiger partial charge in [-0.15, -0.1) is 0 Å². The smallest absolute Gasteiger partial charge is 0.257 e.